The minimum Gasteiger partial charge on any atom is -0.496 e. The van der Waals surface area contributed by atoms with Crippen LogP contribution in [0.25, 0.3) is 10.6 Å². The molecule has 0 amide bonds. The van der Waals surface area contributed by atoms with E-state index >= 15 is 0 Å². The number of hydrogen-bond donors (Lipinski definition) is 0. The van der Waals surface area contributed by atoms with Crippen molar-refractivity contribution in [1.82, 2.24) is 4.98 Å². The van der Waals surface area contributed by atoms with Crippen molar-refractivity contribution in [3.63, 3.8) is 0 Å². The molecule has 0 saturated heterocycles. The number of benzene rings is 1. The van der Waals surface area contributed by atoms with Crippen LogP contribution >= 0.6 is 11.3 Å². The molecule has 2 aromatic rings. The molecule has 0 fully saturated rings. The number of nitrogens with zero attached hydrogens (tertiary/aromatic N) is 1. The Bertz CT molecular complexity index is 517. The fourth-order valence-corrected chi connectivity index (χ4v) is 2.67. The molecule has 3 heteroatoms. The molecule has 0 atom stereocenters. The first-order valence-electron chi connectivity index (χ1n) is 6.17. The molecule has 0 unspecified atom stereocenters. The lowest BCUT2D eigenvalue weighted by molar-refractivity contribution is 0.391. The Morgan fingerprint density at radius 2 is 2.11 bits per heavy atom. The normalized spacial score (nSPS) is 11.6. The Balaban J connectivity index is 2.60. The zero-order valence-corrected chi connectivity index (χ0v) is 12.2. The van der Waals surface area contributed by atoms with Crippen LogP contribution in [-0.2, 0) is 5.41 Å². The molecule has 1 heterocycles. The van der Waals surface area contributed by atoms with Gasteiger partial charge in [-0.1, -0.05) is 32.9 Å². The van der Waals surface area contributed by atoms with E-state index in [4.69, 9.17) is 4.74 Å². The number of rotatable bonds is 4. The third kappa shape index (κ3) is 2.27. The summed E-state index contributed by atoms with van der Waals surface area (Å²) in [5, 5.41) is 3.01. The number of aromatic nitrogens is 1. The zero-order valence-electron chi connectivity index (χ0n) is 11.4. The van der Waals surface area contributed by atoms with Crippen molar-refractivity contribution in [2.75, 3.05) is 7.11 Å². The van der Waals surface area contributed by atoms with Gasteiger partial charge in [-0.2, -0.15) is 0 Å². The van der Waals surface area contributed by atoms with Crippen molar-refractivity contribution in [2.45, 2.75) is 32.6 Å². The van der Waals surface area contributed by atoms with Crippen LogP contribution in [0.5, 0.6) is 5.75 Å². The summed E-state index contributed by atoms with van der Waals surface area (Å²) in [6.07, 6.45) is 2.90. The molecule has 0 spiro atoms. The summed E-state index contributed by atoms with van der Waals surface area (Å²) >= 11 is 1.64. The number of para-hydroxylation sites is 1. The van der Waals surface area contributed by atoms with E-state index in [1.54, 1.807) is 18.4 Å². The van der Waals surface area contributed by atoms with E-state index < -0.39 is 0 Å². The van der Waals surface area contributed by atoms with Crippen LogP contribution < -0.4 is 4.74 Å². The molecule has 2 nitrogen and oxygen atoms in total. The van der Waals surface area contributed by atoms with Gasteiger partial charge in [0.05, 0.1) is 12.7 Å². The van der Waals surface area contributed by atoms with Gasteiger partial charge in [-0.15, -0.1) is 11.3 Å². The van der Waals surface area contributed by atoms with Gasteiger partial charge in [-0.25, -0.2) is 4.98 Å². The molecule has 0 radical (unpaired) electrons. The Labute approximate surface area is 113 Å². The van der Waals surface area contributed by atoms with Crippen LogP contribution in [0.4, 0.5) is 0 Å². The molecule has 18 heavy (non-hydrogen) atoms. The van der Waals surface area contributed by atoms with Crippen LogP contribution in [-0.4, -0.2) is 12.1 Å². The fraction of sp³-hybridized carbons (Fsp3) is 0.400. The van der Waals surface area contributed by atoms with Gasteiger partial charge < -0.3 is 4.74 Å². The lowest BCUT2D eigenvalue weighted by Crippen LogP contribution is -2.17. The summed E-state index contributed by atoms with van der Waals surface area (Å²) in [5.41, 5.74) is 2.45. The molecule has 0 aliphatic heterocycles. The molecular weight excluding hydrogens is 242 g/mol. The van der Waals surface area contributed by atoms with Gasteiger partial charge in [-0.05, 0) is 17.9 Å². The van der Waals surface area contributed by atoms with Gasteiger partial charge in [0.25, 0.3) is 0 Å². The second-order valence-corrected chi connectivity index (χ2v) is 5.86. The fourth-order valence-electron chi connectivity index (χ4n) is 2.01. The van der Waals surface area contributed by atoms with E-state index in [0.717, 1.165) is 22.7 Å². The summed E-state index contributed by atoms with van der Waals surface area (Å²) in [4.78, 5) is 4.38. The maximum absolute atomic E-state index is 5.66. The van der Waals surface area contributed by atoms with E-state index in [1.165, 1.54) is 5.56 Å². The number of thiazole rings is 1. The number of ether oxygens (including phenoxy) is 1. The summed E-state index contributed by atoms with van der Waals surface area (Å²) in [6, 6.07) is 6.32. The van der Waals surface area contributed by atoms with Gasteiger partial charge in [0.1, 0.15) is 10.8 Å². The third-order valence-corrected chi connectivity index (χ3v) is 4.30. The van der Waals surface area contributed by atoms with Gasteiger partial charge in [0.15, 0.2) is 0 Å². The van der Waals surface area contributed by atoms with Gasteiger partial charge in [0.2, 0.25) is 0 Å². The van der Waals surface area contributed by atoms with Crippen molar-refractivity contribution < 1.29 is 4.74 Å². The molecular formula is C15H19NOS. The lowest BCUT2D eigenvalue weighted by atomic mass is 9.81. The molecule has 0 aliphatic carbocycles. The molecule has 96 valence electrons. The topological polar surface area (TPSA) is 22.1 Å². The summed E-state index contributed by atoms with van der Waals surface area (Å²) in [7, 11) is 1.74. The van der Waals surface area contributed by atoms with Crippen LogP contribution in [0.15, 0.2) is 29.8 Å². The quantitative estimate of drug-likeness (QED) is 0.808. The molecule has 2 rings (SSSR count). The Morgan fingerprint density at radius 3 is 2.67 bits per heavy atom. The minimum absolute atomic E-state index is 0.110. The highest BCUT2D eigenvalue weighted by Crippen LogP contribution is 2.40. The molecule has 1 aromatic carbocycles. The molecule has 0 N–H and O–H groups in total. The van der Waals surface area contributed by atoms with Gasteiger partial charge >= 0.3 is 0 Å². The smallest absolute Gasteiger partial charge is 0.132 e. The predicted molar refractivity (Wildman–Crippen MR) is 77.4 cm³/mol. The lowest BCUT2D eigenvalue weighted by Gasteiger charge is -2.26. The first kappa shape index (κ1) is 13.1. The predicted octanol–water partition coefficient (Wildman–Crippen LogP) is 4.51. The number of methoxy groups -OCH3 is 1. The Morgan fingerprint density at radius 1 is 1.33 bits per heavy atom. The van der Waals surface area contributed by atoms with Crippen molar-refractivity contribution in [2.24, 2.45) is 0 Å². The highest BCUT2D eigenvalue weighted by molar-refractivity contribution is 7.13. The molecule has 1 aromatic heterocycles. The number of hydrogen-bond acceptors (Lipinski definition) is 3. The van der Waals surface area contributed by atoms with Gasteiger partial charge in [0, 0.05) is 17.1 Å². The average Bonchev–Trinajstić information content (AvgIpc) is 2.91. The van der Waals surface area contributed by atoms with Crippen LogP contribution in [0, 0.1) is 0 Å². The van der Waals surface area contributed by atoms with E-state index in [0.29, 0.717) is 0 Å². The van der Waals surface area contributed by atoms with E-state index in [-0.39, 0.29) is 5.41 Å². The van der Waals surface area contributed by atoms with Crippen LogP contribution in [0.1, 0.15) is 32.8 Å². The van der Waals surface area contributed by atoms with Crippen LogP contribution in [0.2, 0.25) is 0 Å². The molecule has 0 bridgehead atoms. The highest BCUT2D eigenvalue weighted by Gasteiger charge is 2.24. The largest absolute Gasteiger partial charge is 0.496 e. The van der Waals surface area contributed by atoms with Crippen molar-refractivity contribution in [3.05, 3.63) is 35.3 Å². The summed E-state index contributed by atoms with van der Waals surface area (Å²) in [5.74, 6) is 0.958. The Hall–Kier alpha value is -1.35. The SMILES string of the molecule is CCC(C)(C)c1cccc(-c2nccs2)c1OC. The molecule has 0 aliphatic rings. The monoisotopic (exact) mass is 261 g/mol. The van der Waals surface area contributed by atoms with Crippen molar-refractivity contribution >= 4 is 11.3 Å². The second kappa shape index (κ2) is 5.11. The van der Waals surface area contributed by atoms with Crippen LogP contribution in [0.3, 0.4) is 0 Å². The first-order valence-corrected chi connectivity index (χ1v) is 7.05. The maximum atomic E-state index is 5.66. The van der Waals surface area contributed by atoms with Crippen molar-refractivity contribution in [1.29, 1.82) is 0 Å². The Kier molecular flexibility index (Phi) is 3.71. The first-order chi connectivity index (χ1) is 8.60. The van der Waals surface area contributed by atoms with E-state index in [1.807, 2.05) is 11.6 Å². The van der Waals surface area contributed by atoms with E-state index in [2.05, 4.69) is 44.0 Å². The highest BCUT2D eigenvalue weighted by atomic mass is 32.1. The van der Waals surface area contributed by atoms with Crippen molar-refractivity contribution in [3.8, 4) is 16.3 Å². The maximum Gasteiger partial charge on any atom is 0.132 e. The van der Waals surface area contributed by atoms with E-state index in [9.17, 15) is 0 Å². The standard InChI is InChI=1S/C15H19NOS/c1-5-15(2,3)12-8-6-7-11(13(12)17-4)14-16-9-10-18-14/h6-10H,5H2,1-4H3. The van der Waals surface area contributed by atoms with Gasteiger partial charge in [-0.3, -0.25) is 0 Å². The second-order valence-electron chi connectivity index (χ2n) is 4.96. The zero-order chi connectivity index (χ0) is 13.2. The minimum atomic E-state index is 0.110. The summed E-state index contributed by atoms with van der Waals surface area (Å²) in [6.45, 7) is 6.70. The summed E-state index contributed by atoms with van der Waals surface area (Å²) < 4.78 is 5.66. The average molecular weight is 261 g/mol. The third-order valence-electron chi connectivity index (χ3n) is 3.49. The molecule has 0 saturated carbocycles.